The SMILES string of the molecule is Clc1ccc2sc(C3CCNC3)cc2n1. The van der Waals surface area contributed by atoms with E-state index in [0.717, 1.165) is 18.6 Å². The van der Waals surface area contributed by atoms with Crippen LogP contribution in [0.25, 0.3) is 10.2 Å². The molecule has 1 unspecified atom stereocenters. The predicted molar refractivity (Wildman–Crippen MR) is 64.9 cm³/mol. The minimum Gasteiger partial charge on any atom is -0.316 e. The minimum absolute atomic E-state index is 0.580. The molecule has 1 saturated heterocycles. The van der Waals surface area contributed by atoms with E-state index in [1.807, 2.05) is 17.4 Å². The maximum absolute atomic E-state index is 5.87. The summed E-state index contributed by atoms with van der Waals surface area (Å²) in [4.78, 5) is 5.76. The number of hydrogen-bond donors (Lipinski definition) is 1. The van der Waals surface area contributed by atoms with Crippen LogP contribution >= 0.6 is 22.9 Å². The molecule has 78 valence electrons. The second kappa shape index (κ2) is 3.74. The van der Waals surface area contributed by atoms with Crippen LogP contribution in [-0.2, 0) is 0 Å². The van der Waals surface area contributed by atoms with E-state index < -0.39 is 0 Å². The summed E-state index contributed by atoms with van der Waals surface area (Å²) in [7, 11) is 0. The number of nitrogens with one attached hydrogen (secondary N) is 1. The molecule has 3 rings (SSSR count). The lowest BCUT2D eigenvalue weighted by atomic mass is 10.1. The molecule has 0 saturated carbocycles. The van der Waals surface area contributed by atoms with Crippen molar-refractivity contribution in [3.05, 3.63) is 28.2 Å². The van der Waals surface area contributed by atoms with Crippen molar-refractivity contribution >= 4 is 33.2 Å². The minimum atomic E-state index is 0.580. The first-order valence-corrected chi connectivity index (χ1v) is 6.29. The van der Waals surface area contributed by atoms with Gasteiger partial charge in [0.1, 0.15) is 5.15 Å². The number of rotatable bonds is 1. The van der Waals surface area contributed by atoms with Gasteiger partial charge in [-0.05, 0) is 31.2 Å². The van der Waals surface area contributed by atoms with E-state index in [9.17, 15) is 0 Å². The van der Waals surface area contributed by atoms with Gasteiger partial charge in [-0.3, -0.25) is 0 Å². The smallest absolute Gasteiger partial charge is 0.129 e. The summed E-state index contributed by atoms with van der Waals surface area (Å²) in [5.41, 5.74) is 1.04. The molecule has 1 N–H and O–H groups in total. The van der Waals surface area contributed by atoms with E-state index >= 15 is 0 Å². The standard InChI is InChI=1S/C11H11ClN2S/c12-11-2-1-9-8(14-11)5-10(15-9)7-3-4-13-6-7/h1-2,5,7,13H,3-4,6H2. The van der Waals surface area contributed by atoms with Crippen molar-refractivity contribution in [2.75, 3.05) is 13.1 Å². The highest BCUT2D eigenvalue weighted by molar-refractivity contribution is 7.19. The first kappa shape index (κ1) is 9.58. The van der Waals surface area contributed by atoms with Crippen LogP contribution in [0, 0.1) is 0 Å². The van der Waals surface area contributed by atoms with Gasteiger partial charge in [-0.2, -0.15) is 0 Å². The van der Waals surface area contributed by atoms with E-state index in [4.69, 9.17) is 11.6 Å². The van der Waals surface area contributed by atoms with Crippen LogP contribution in [0.5, 0.6) is 0 Å². The van der Waals surface area contributed by atoms with Crippen LogP contribution < -0.4 is 5.32 Å². The normalized spacial score (nSPS) is 21.3. The summed E-state index contributed by atoms with van der Waals surface area (Å²) in [5, 5.41) is 3.97. The fourth-order valence-corrected chi connectivity index (χ4v) is 3.31. The average molecular weight is 239 g/mol. The Morgan fingerprint density at radius 3 is 3.20 bits per heavy atom. The molecule has 0 aliphatic carbocycles. The molecule has 0 bridgehead atoms. The van der Waals surface area contributed by atoms with Crippen LogP contribution in [0.2, 0.25) is 5.15 Å². The molecule has 3 heterocycles. The van der Waals surface area contributed by atoms with Gasteiger partial charge in [0.25, 0.3) is 0 Å². The molecule has 2 aromatic rings. The quantitative estimate of drug-likeness (QED) is 0.773. The molecule has 4 heteroatoms. The molecule has 0 amide bonds. The van der Waals surface area contributed by atoms with Gasteiger partial charge in [-0.15, -0.1) is 11.3 Å². The van der Waals surface area contributed by atoms with Gasteiger partial charge >= 0.3 is 0 Å². The fraction of sp³-hybridized carbons (Fsp3) is 0.364. The molecule has 1 aliphatic rings. The molecular formula is C11H11ClN2S. The van der Waals surface area contributed by atoms with E-state index in [-0.39, 0.29) is 0 Å². The Labute approximate surface area is 97.3 Å². The van der Waals surface area contributed by atoms with E-state index in [2.05, 4.69) is 22.4 Å². The van der Waals surface area contributed by atoms with Gasteiger partial charge < -0.3 is 5.32 Å². The summed E-state index contributed by atoms with van der Waals surface area (Å²) in [6.07, 6.45) is 1.24. The molecule has 2 aromatic heterocycles. The molecule has 0 spiro atoms. The second-order valence-electron chi connectivity index (χ2n) is 3.86. The van der Waals surface area contributed by atoms with E-state index in [1.165, 1.54) is 16.0 Å². The largest absolute Gasteiger partial charge is 0.316 e. The van der Waals surface area contributed by atoms with Crippen LogP contribution in [0.3, 0.4) is 0 Å². The lowest BCUT2D eigenvalue weighted by molar-refractivity contribution is 0.779. The van der Waals surface area contributed by atoms with Gasteiger partial charge in [0.15, 0.2) is 0 Å². The average Bonchev–Trinajstić information content (AvgIpc) is 2.84. The third-order valence-corrected chi connectivity index (χ3v) is 4.28. The highest BCUT2D eigenvalue weighted by atomic mass is 35.5. The molecule has 0 radical (unpaired) electrons. The van der Waals surface area contributed by atoms with Gasteiger partial charge in [0, 0.05) is 17.3 Å². The maximum atomic E-state index is 5.87. The van der Waals surface area contributed by atoms with Crippen molar-refractivity contribution in [1.29, 1.82) is 0 Å². The third kappa shape index (κ3) is 1.75. The Morgan fingerprint density at radius 2 is 2.40 bits per heavy atom. The summed E-state index contributed by atoms with van der Waals surface area (Å²) < 4.78 is 1.24. The summed E-state index contributed by atoms with van der Waals surface area (Å²) in [6, 6.07) is 6.10. The van der Waals surface area contributed by atoms with Crippen molar-refractivity contribution in [2.24, 2.45) is 0 Å². The van der Waals surface area contributed by atoms with Gasteiger partial charge in [-0.1, -0.05) is 11.6 Å². The Balaban J connectivity index is 2.05. The third-order valence-electron chi connectivity index (χ3n) is 2.82. The van der Waals surface area contributed by atoms with Crippen LogP contribution in [0.1, 0.15) is 17.2 Å². The Bertz CT molecular complexity index is 488. The first-order chi connectivity index (χ1) is 7.33. The monoisotopic (exact) mass is 238 g/mol. The van der Waals surface area contributed by atoms with Gasteiger partial charge in [0.2, 0.25) is 0 Å². The lowest BCUT2D eigenvalue weighted by Crippen LogP contribution is -2.07. The molecular weight excluding hydrogens is 228 g/mol. The number of thiophene rings is 1. The number of aromatic nitrogens is 1. The zero-order chi connectivity index (χ0) is 10.3. The summed E-state index contributed by atoms with van der Waals surface area (Å²) in [6.45, 7) is 2.23. The first-order valence-electron chi connectivity index (χ1n) is 5.09. The van der Waals surface area contributed by atoms with Crippen molar-refractivity contribution in [2.45, 2.75) is 12.3 Å². The van der Waals surface area contributed by atoms with Crippen LogP contribution in [-0.4, -0.2) is 18.1 Å². The Hall–Kier alpha value is -0.640. The van der Waals surface area contributed by atoms with Gasteiger partial charge in [0.05, 0.1) is 10.2 Å². The van der Waals surface area contributed by atoms with Crippen molar-refractivity contribution < 1.29 is 0 Å². The summed E-state index contributed by atoms with van der Waals surface area (Å²) in [5.74, 6) is 0.669. The van der Waals surface area contributed by atoms with Crippen molar-refractivity contribution in [3.8, 4) is 0 Å². The number of nitrogens with zero attached hydrogens (tertiary/aromatic N) is 1. The molecule has 1 aliphatic heterocycles. The number of fused-ring (bicyclic) bond motifs is 1. The van der Waals surface area contributed by atoms with E-state index in [0.29, 0.717) is 11.1 Å². The molecule has 1 atom stereocenters. The Morgan fingerprint density at radius 1 is 1.47 bits per heavy atom. The molecule has 2 nitrogen and oxygen atoms in total. The maximum Gasteiger partial charge on any atom is 0.129 e. The van der Waals surface area contributed by atoms with Crippen LogP contribution in [0.4, 0.5) is 0 Å². The van der Waals surface area contributed by atoms with E-state index in [1.54, 1.807) is 0 Å². The topological polar surface area (TPSA) is 24.9 Å². The molecule has 1 fully saturated rings. The highest BCUT2D eigenvalue weighted by Gasteiger charge is 2.18. The van der Waals surface area contributed by atoms with Crippen molar-refractivity contribution in [3.63, 3.8) is 0 Å². The predicted octanol–water partition coefficient (Wildman–Crippen LogP) is 3.03. The van der Waals surface area contributed by atoms with Gasteiger partial charge in [-0.25, -0.2) is 4.98 Å². The highest BCUT2D eigenvalue weighted by Crippen LogP contribution is 2.33. The fourth-order valence-electron chi connectivity index (χ4n) is 2.02. The number of hydrogen-bond acceptors (Lipinski definition) is 3. The zero-order valence-corrected chi connectivity index (χ0v) is 9.74. The second-order valence-corrected chi connectivity index (χ2v) is 5.36. The lowest BCUT2D eigenvalue weighted by Gasteiger charge is -2.02. The molecule has 15 heavy (non-hydrogen) atoms. The molecule has 0 aromatic carbocycles. The van der Waals surface area contributed by atoms with Crippen molar-refractivity contribution in [1.82, 2.24) is 10.3 Å². The number of pyridine rings is 1. The number of halogens is 1. The Kier molecular flexibility index (Phi) is 2.39. The zero-order valence-electron chi connectivity index (χ0n) is 8.16. The van der Waals surface area contributed by atoms with Crippen LogP contribution in [0.15, 0.2) is 18.2 Å². The summed E-state index contributed by atoms with van der Waals surface area (Å²) >= 11 is 7.71.